The molecule has 0 fully saturated rings. The number of hydrogen-bond acceptors (Lipinski definition) is 5. The van der Waals surface area contributed by atoms with Crippen molar-refractivity contribution in [3.63, 3.8) is 0 Å². The van der Waals surface area contributed by atoms with Crippen molar-refractivity contribution in [1.82, 2.24) is 0 Å². The molecular weight excluding hydrogens is 214 g/mol. The van der Waals surface area contributed by atoms with Gasteiger partial charge >= 0.3 is 8.80 Å². The molecule has 0 saturated heterocycles. The maximum atomic E-state index is 10.1. The third-order valence-electron chi connectivity index (χ3n) is 2.42. The van der Waals surface area contributed by atoms with Crippen LogP contribution in [0.25, 0.3) is 0 Å². The molecule has 1 atom stereocenters. The van der Waals surface area contributed by atoms with Crippen molar-refractivity contribution in [3.8, 4) is 0 Å². The highest BCUT2D eigenvalue weighted by atomic mass is 28.4. The number of hydrogen-bond donors (Lipinski definition) is 0. The summed E-state index contributed by atoms with van der Waals surface area (Å²) in [6.45, 7) is 1.97. The molecule has 15 heavy (non-hydrogen) atoms. The molecule has 0 aromatic rings. The first-order valence-corrected chi connectivity index (χ1v) is 6.83. The predicted molar refractivity (Wildman–Crippen MR) is 58.4 cm³/mol. The summed E-state index contributed by atoms with van der Waals surface area (Å²) in [5, 5.41) is 0. The summed E-state index contributed by atoms with van der Waals surface area (Å²) in [5.41, 5.74) is 0. The molecule has 0 heterocycles. The van der Waals surface area contributed by atoms with Gasteiger partial charge in [-0.25, -0.2) is 9.79 Å². The average molecular weight is 233 g/mol. The van der Waals surface area contributed by atoms with Crippen LogP contribution in [0.3, 0.4) is 0 Å². The van der Waals surface area contributed by atoms with E-state index in [9.17, 15) is 4.79 Å². The highest BCUT2D eigenvalue weighted by Crippen LogP contribution is 2.18. The largest absolute Gasteiger partial charge is 0.500 e. The molecule has 0 aliphatic carbocycles. The zero-order valence-corrected chi connectivity index (χ0v) is 10.8. The lowest BCUT2D eigenvalue weighted by Gasteiger charge is -2.25. The molecule has 0 bridgehead atoms. The van der Waals surface area contributed by atoms with Crippen LogP contribution in [0.1, 0.15) is 19.8 Å². The molecule has 0 saturated carbocycles. The average Bonchev–Trinajstić information content (AvgIpc) is 2.30. The third-order valence-corrected chi connectivity index (χ3v) is 5.19. The number of aliphatic imine (C=N–C) groups is 1. The van der Waals surface area contributed by atoms with Gasteiger partial charge in [-0.2, -0.15) is 0 Å². The van der Waals surface area contributed by atoms with Crippen molar-refractivity contribution in [3.05, 3.63) is 0 Å². The van der Waals surface area contributed by atoms with E-state index in [0.29, 0.717) is 12.5 Å². The maximum Gasteiger partial charge on any atom is 0.500 e. The Labute approximate surface area is 91.8 Å². The van der Waals surface area contributed by atoms with Gasteiger partial charge in [-0.3, -0.25) is 0 Å². The minimum atomic E-state index is -2.52. The molecule has 0 aromatic carbocycles. The van der Waals surface area contributed by atoms with E-state index >= 15 is 0 Å². The lowest BCUT2D eigenvalue weighted by atomic mass is 10.2. The predicted octanol–water partition coefficient (Wildman–Crippen LogP) is 1.37. The Kier molecular flexibility index (Phi) is 7.46. The van der Waals surface area contributed by atoms with Gasteiger partial charge in [0.1, 0.15) is 0 Å². The van der Waals surface area contributed by atoms with Crippen molar-refractivity contribution in [2.24, 2.45) is 4.99 Å². The molecule has 0 radical (unpaired) electrons. The summed E-state index contributed by atoms with van der Waals surface area (Å²) in [5.74, 6) is 0. The van der Waals surface area contributed by atoms with Crippen LogP contribution >= 0.6 is 0 Å². The Morgan fingerprint density at radius 3 is 2.13 bits per heavy atom. The normalized spacial score (nSPS) is 13.3. The third kappa shape index (κ3) is 4.68. The topological polar surface area (TPSA) is 57.1 Å². The van der Waals surface area contributed by atoms with E-state index in [2.05, 4.69) is 4.99 Å². The first kappa shape index (κ1) is 14.5. The molecule has 0 spiro atoms. The van der Waals surface area contributed by atoms with Crippen molar-refractivity contribution in [2.45, 2.75) is 31.9 Å². The lowest BCUT2D eigenvalue weighted by molar-refractivity contribution is 0.122. The molecule has 0 aromatic heterocycles. The van der Waals surface area contributed by atoms with Crippen LogP contribution in [-0.2, 0) is 18.1 Å². The second-order valence-electron chi connectivity index (χ2n) is 3.12. The summed E-state index contributed by atoms with van der Waals surface area (Å²) < 4.78 is 15.8. The van der Waals surface area contributed by atoms with Crippen LogP contribution in [0.4, 0.5) is 0 Å². The SMILES string of the molecule is CCC(CC[Si](OC)(OC)OC)N=C=O. The Morgan fingerprint density at radius 1 is 1.27 bits per heavy atom. The van der Waals surface area contributed by atoms with Crippen LogP contribution in [0.2, 0.25) is 6.04 Å². The van der Waals surface area contributed by atoms with Crippen molar-refractivity contribution >= 4 is 14.9 Å². The molecule has 0 amide bonds. The summed E-state index contributed by atoms with van der Waals surface area (Å²) in [6, 6.07) is 0.634. The fourth-order valence-electron chi connectivity index (χ4n) is 1.33. The van der Waals surface area contributed by atoms with Gasteiger partial charge < -0.3 is 13.3 Å². The van der Waals surface area contributed by atoms with E-state index in [1.807, 2.05) is 6.92 Å². The van der Waals surface area contributed by atoms with Crippen molar-refractivity contribution in [2.75, 3.05) is 21.3 Å². The van der Waals surface area contributed by atoms with Crippen LogP contribution in [0, 0.1) is 0 Å². The van der Waals surface area contributed by atoms with Gasteiger partial charge in [0.15, 0.2) is 0 Å². The summed E-state index contributed by atoms with van der Waals surface area (Å²) in [6.07, 6.45) is 3.10. The first-order chi connectivity index (χ1) is 7.17. The van der Waals surface area contributed by atoms with Crippen LogP contribution in [0.5, 0.6) is 0 Å². The van der Waals surface area contributed by atoms with Crippen molar-refractivity contribution in [1.29, 1.82) is 0 Å². The van der Waals surface area contributed by atoms with E-state index in [-0.39, 0.29) is 6.04 Å². The van der Waals surface area contributed by atoms with Crippen LogP contribution in [0.15, 0.2) is 4.99 Å². The Balaban J connectivity index is 4.24. The molecule has 0 aliphatic heterocycles. The molecule has 88 valence electrons. The van der Waals surface area contributed by atoms with E-state index in [1.54, 1.807) is 27.4 Å². The fourth-order valence-corrected chi connectivity index (χ4v) is 3.13. The van der Waals surface area contributed by atoms with Crippen LogP contribution < -0.4 is 0 Å². The van der Waals surface area contributed by atoms with Gasteiger partial charge in [-0.05, 0) is 12.8 Å². The van der Waals surface area contributed by atoms with E-state index in [0.717, 1.165) is 6.42 Å². The number of nitrogens with zero attached hydrogens (tertiary/aromatic N) is 1. The summed E-state index contributed by atoms with van der Waals surface area (Å²) in [4.78, 5) is 13.8. The standard InChI is InChI=1S/C9H19NO4Si/c1-5-9(10-8-11)6-7-15(12-2,13-3)14-4/h9H,5-7H2,1-4H3. The maximum absolute atomic E-state index is 10.1. The molecule has 0 rings (SSSR count). The highest BCUT2D eigenvalue weighted by molar-refractivity contribution is 6.60. The van der Waals surface area contributed by atoms with E-state index < -0.39 is 8.80 Å². The smallest absolute Gasteiger partial charge is 0.377 e. The van der Waals surface area contributed by atoms with Gasteiger partial charge in [0, 0.05) is 27.4 Å². The minimum Gasteiger partial charge on any atom is -0.377 e. The summed E-state index contributed by atoms with van der Waals surface area (Å²) >= 11 is 0. The molecule has 1 unspecified atom stereocenters. The van der Waals surface area contributed by atoms with Gasteiger partial charge in [0.2, 0.25) is 6.08 Å². The van der Waals surface area contributed by atoms with Gasteiger partial charge in [-0.15, -0.1) is 0 Å². The highest BCUT2D eigenvalue weighted by Gasteiger charge is 2.37. The van der Waals surface area contributed by atoms with E-state index in [1.165, 1.54) is 0 Å². The second kappa shape index (κ2) is 7.73. The minimum absolute atomic E-state index is 0.0187. The molecule has 5 nitrogen and oxygen atoms in total. The number of isocyanates is 1. The lowest BCUT2D eigenvalue weighted by Crippen LogP contribution is -2.43. The zero-order chi connectivity index (χ0) is 11.7. The summed E-state index contributed by atoms with van der Waals surface area (Å²) in [7, 11) is 2.20. The first-order valence-electron chi connectivity index (χ1n) is 4.90. The van der Waals surface area contributed by atoms with Crippen LogP contribution in [-0.4, -0.2) is 42.3 Å². The van der Waals surface area contributed by atoms with Gasteiger partial charge in [0.05, 0.1) is 6.04 Å². The van der Waals surface area contributed by atoms with E-state index in [4.69, 9.17) is 13.3 Å². The second-order valence-corrected chi connectivity index (χ2v) is 6.21. The Hall–Kier alpha value is -0.523. The molecule has 0 aliphatic rings. The monoisotopic (exact) mass is 233 g/mol. The molecule has 0 N–H and O–H groups in total. The number of rotatable bonds is 8. The zero-order valence-electron chi connectivity index (χ0n) is 9.78. The van der Waals surface area contributed by atoms with Gasteiger partial charge in [0.25, 0.3) is 0 Å². The number of carbonyl (C=O) groups excluding carboxylic acids is 1. The molecule has 6 heteroatoms. The van der Waals surface area contributed by atoms with Crippen molar-refractivity contribution < 1.29 is 18.1 Å². The quantitative estimate of drug-likeness (QED) is 0.361. The Morgan fingerprint density at radius 2 is 1.80 bits per heavy atom. The Bertz CT molecular complexity index is 206. The fraction of sp³-hybridized carbons (Fsp3) is 0.889. The van der Waals surface area contributed by atoms with Gasteiger partial charge in [-0.1, -0.05) is 6.92 Å². The molecular formula is C9H19NO4Si.